The molecule has 0 aliphatic carbocycles. The summed E-state index contributed by atoms with van der Waals surface area (Å²) in [5.74, 6) is 2.10. The number of phenols is 1. The lowest BCUT2D eigenvalue weighted by atomic mass is 9.89. The maximum absolute atomic E-state index is 12.3. The maximum atomic E-state index is 12.3. The van der Waals surface area contributed by atoms with Gasteiger partial charge in [-0.1, -0.05) is 12.1 Å². The average molecular weight is 327 g/mol. The van der Waals surface area contributed by atoms with Gasteiger partial charge >= 0.3 is 0 Å². The van der Waals surface area contributed by atoms with Gasteiger partial charge in [0.15, 0.2) is 11.5 Å². The highest BCUT2D eigenvalue weighted by Gasteiger charge is 2.34. The Balaban J connectivity index is 1.82. The number of aryl methyl sites for hydroxylation is 1. The molecule has 3 heterocycles. The largest absolute Gasteiger partial charge is 0.504 e. The van der Waals surface area contributed by atoms with E-state index < -0.39 is 0 Å². The molecule has 0 radical (unpaired) electrons. The van der Waals surface area contributed by atoms with Gasteiger partial charge in [-0.3, -0.25) is 4.79 Å². The van der Waals surface area contributed by atoms with Gasteiger partial charge in [-0.25, -0.2) is 4.98 Å². The van der Waals surface area contributed by atoms with E-state index in [1.54, 1.807) is 6.07 Å². The number of aromatic nitrogens is 2. The van der Waals surface area contributed by atoms with E-state index in [4.69, 9.17) is 9.72 Å². The van der Waals surface area contributed by atoms with E-state index in [9.17, 15) is 9.90 Å². The maximum Gasteiger partial charge on any atom is 0.226 e. The summed E-state index contributed by atoms with van der Waals surface area (Å²) in [4.78, 5) is 17.0. The van der Waals surface area contributed by atoms with Crippen LogP contribution >= 0.6 is 0 Å². The Bertz CT molecular complexity index is 797. The topological polar surface area (TPSA) is 76.4 Å². The van der Waals surface area contributed by atoms with E-state index in [1.807, 2.05) is 19.1 Å². The summed E-state index contributed by atoms with van der Waals surface area (Å²) in [6, 6.07) is 5.44. The van der Waals surface area contributed by atoms with Crippen molar-refractivity contribution in [1.82, 2.24) is 9.55 Å². The molecule has 2 aliphatic rings. The number of imidazole rings is 1. The van der Waals surface area contributed by atoms with Crippen LogP contribution in [0.25, 0.3) is 0 Å². The second-order valence-corrected chi connectivity index (χ2v) is 6.30. The van der Waals surface area contributed by atoms with Crippen molar-refractivity contribution in [3.63, 3.8) is 0 Å². The zero-order valence-corrected chi connectivity index (χ0v) is 13.7. The third-order valence-electron chi connectivity index (χ3n) is 4.79. The first-order valence-corrected chi connectivity index (χ1v) is 8.53. The number of nitrogens with one attached hydrogen (secondary N) is 1. The molecule has 0 bridgehead atoms. The van der Waals surface area contributed by atoms with Crippen molar-refractivity contribution in [2.75, 3.05) is 11.9 Å². The number of ether oxygens (including phenoxy) is 1. The molecule has 0 spiro atoms. The summed E-state index contributed by atoms with van der Waals surface area (Å²) >= 11 is 0. The van der Waals surface area contributed by atoms with Crippen LogP contribution in [0.1, 0.15) is 49.2 Å². The highest BCUT2D eigenvalue weighted by atomic mass is 16.5. The molecule has 126 valence electrons. The summed E-state index contributed by atoms with van der Waals surface area (Å²) in [6.45, 7) is 3.24. The smallest absolute Gasteiger partial charge is 0.226 e. The molecule has 1 amide bonds. The number of hydrogen-bond donors (Lipinski definition) is 2. The van der Waals surface area contributed by atoms with Crippen molar-refractivity contribution in [3.8, 4) is 11.5 Å². The highest BCUT2D eigenvalue weighted by molar-refractivity contribution is 5.94. The van der Waals surface area contributed by atoms with Crippen LogP contribution in [-0.4, -0.2) is 27.2 Å². The summed E-state index contributed by atoms with van der Waals surface area (Å²) in [6.07, 6.45) is 3.44. The quantitative estimate of drug-likeness (QED) is 0.909. The van der Waals surface area contributed by atoms with Crippen LogP contribution in [0.4, 0.5) is 5.82 Å². The number of rotatable bonds is 3. The number of benzene rings is 1. The lowest BCUT2D eigenvalue weighted by molar-refractivity contribution is -0.116. The van der Waals surface area contributed by atoms with E-state index in [0.29, 0.717) is 17.9 Å². The van der Waals surface area contributed by atoms with Gasteiger partial charge in [-0.15, -0.1) is 0 Å². The molecular formula is C18H21N3O3. The molecule has 6 nitrogen and oxygen atoms in total. The summed E-state index contributed by atoms with van der Waals surface area (Å²) in [5, 5.41) is 13.6. The molecule has 2 N–H and O–H groups in total. The second-order valence-electron chi connectivity index (χ2n) is 6.30. The zero-order valence-electron chi connectivity index (χ0n) is 13.7. The van der Waals surface area contributed by atoms with Crippen LogP contribution in [0, 0.1) is 0 Å². The van der Waals surface area contributed by atoms with Crippen LogP contribution in [0.5, 0.6) is 11.5 Å². The van der Waals surface area contributed by atoms with Crippen molar-refractivity contribution in [2.45, 2.75) is 45.1 Å². The Morgan fingerprint density at radius 1 is 1.42 bits per heavy atom. The minimum absolute atomic E-state index is 0.0398. The van der Waals surface area contributed by atoms with E-state index in [1.165, 1.54) is 0 Å². The first kappa shape index (κ1) is 15.1. The van der Waals surface area contributed by atoms with Gasteiger partial charge < -0.3 is 19.7 Å². The van der Waals surface area contributed by atoms with Crippen LogP contribution in [-0.2, 0) is 17.8 Å². The Hall–Kier alpha value is -2.50. The number of para-hydroxylation sites is 1. The second kappa shape index (κ2) is 5.85. The number of fused-ring (bicyclic) bond motifs is 3. The van der Waals surface area contributed by atoms with Crippen LogP contribution in [0.2, 0.25) is 0 Å². The van der Waals surface area contributed by atoms with Gasteiger partial charge in [-0.05, 0) is 25.8 Å². The van der Waals surface area contributed by atoms with Crippen molar-refractivity contribution in [1.29, 1.82) is 0 Å². The van der Waals surface area contributed by atoms with Crippen molar-refractivity contribution < 1.29 is 14.6 Å². The van der Waals surface area contributed by atoms with Gasteiger partial charge in [0.2, 0.25) is 5.91 Å². The van der Waals surface area contributed by atoms with E-state index in [0.717, 1.165) is 43.1 Å². The van der Waals surface area contributed by atoms with Crippen LogP contribution < -0.4 is 10.1 Å². The molecule has 0 fully saturated rings. The van der Waals surface area contributed by atoms with Crippen LogP contribution in [0.15, 0.2) is 18.2 Å². The van der Waals surface area contributed by atoms with Crippen LogP contribution in [0.3, 0.4) is 0 Å². The Kier molecular flexibility index (Phi) is 3.67. The number of amides is 1. The monoisotopic (exact) mass is 327 g/mol. The zero-order chi connectivity index (χ0) is 16.7. The fourth-order valence-corrected chi connectivity index (χ4v) is 3.69. The predicted octanol–water partition coefficient (Wildman–Crippen LogP) is 2.80. The summed E-state index contributed by atoms with van der Waals surface area (Å²) < 4.78 is 7.61. The number of carbonyl (C=O) groups excluding carboxylic acids is 1. The fourth-order valence-electron chi connectivity index (χ4n) is 3.69. The molecule has 1 atom stereocenters. The molecule has 0 saturated carbocycles. The van der Waals surface area contributed by atoms with Gasteiger partial charge in [0.05, 0.1) is 12.3 Å². The minimum Gasteiger partial charge on any atom is -0.504 e. The standard InChI is InChI=1S/C18H21N3O3/c1-2-24-13-7-5-6-11(17(13)23)12-10-15(22)20-18-16(12)19-14-8-3-4-9-21(14)18/h5-7,12,23H,2-4,8-10H2,1H3,(H,20,22). The molecule has 1 aromatic heterocycles. The van der Waals surface area contributed by atoms with E-state index in [-0.39, 0.29) is 24.0 Å². The number of carbonyl (C=O) groups is 1. The average Bonchev–Trinajstić information content (AvgIpc) is 2.95. The number of aromatic hydroxyl groups is 1. The molecule has 2 aromatic rings. The Morgan fingerprint density at radius 2 is 2.29 bits per heavy atom. The predicted molar refractivity (Wildman–Crippen MR) is 89.5 cm³/mol. The molecular weight excluding hydrogens is 306 g/mol. The molecule has 2 aliphatic heterocycles. The molecule has 4 rings (SSSR count). The van der Waals surface area contributed by atoms with Gasteiger partial charge in [-0.2, -0.15) is 0 Å². The van der Waals surface area contributed by atoms with E-state index >= 15 is 0 Å². The van der Waals surface area contributed by atoms with Gasteiger partial charge in [0, 0.05) is 30.9 Å². The van der Waals surface area contributed by atoms with Crippen molar-refractivity contribution in [3.05, 3.63) is 35.3 Å². The third-order valence-corrected chi connectivity index (χ3v) is 4.79. The molecule has 1 unspecified atom stereocenters. The Labute approximate surface area is 140 Å². The Morgan fingerprint density at radius 3 is 3.12 bits per heavy atom. The first-order valence-electron chi connectivity index (χ1n) is 8.53. The molecule has 1 aromatic carbocycles. The molecule has 0 saturated heterocycles. The number of nitrogens with zero attached hydrogens (tertiary/aromatic N) is 2. The normalized spacial score (nSPS) is 19.4. The van der Waals surface area contributed by atoms with E-state index in [2.05, 4.69) is 9.88 Å². The SMILES string of the molecule is CCOc1cccc(C2CC(=O)Nc3c2nc2n3CCCC2)c1O. The lowest BCUT2D eigenvalue weighted by Gasteiger charge is -2.25. The minimum atomic E-state index is -0.243. The lowest BCUT2D eigenvalue weighted by Crippen LogP contribution is -2.25. The number of phenolic OH excluding ortho intramolecular Hbond substituents is 1. The number of anilines is 1. The molecule has 6 heteroatoms. The summed E-state index contributed by atoms with van der Waals surface area (Å²) in [5.41, 5.74) is 1.56. The number of hydrogen-bond acceptors (Lipinski definition) is 4. The fraction of sp³-hybridized carbons (Fsp3) is 0.444. The first-order chi connectivity index (χ1) is 11.7. The van der Waals surface area contributed by atoms with Gasteiger partial charge in [0.1, 0.15) is 11.6 Å². The summed E-state index contributed by atoms with van der Waals surface area (Å²) in [7, 11) is 0. The third kappa shape index (κ3) is 2.33. The molecule has 24 heavy (non-hydrogen) atoms. The van der Waals surface area contributed by atoms with Crippen molar-refractivity contribution in [2.24, 2.45) is 0 Å². The van der Waals surface area contributed by atoms with Crippen molar-refractivity contribution >= 4 is 11.7 Å². The highest BCUT2D eigenvalue weighted by Crippen LogP contribution is 2.44. The van der Waals surface area contributed by atoms with Gasteiger partial charge in [0.25, 0.3) is 0 Å².